The highest BCUT2D eigenvalue weighted by molar-refractivity contribution is 5.78. The highest BCUT2D eigenvalue weighted by atomic mass is 16.2. The summed E-state index contributed by atoms with van der Waals surface area (Å²) in [6.45, 7) is 7.53. The van der Waals surface area contributed by atoms with Crippen molar-refractivity contribution in [3.8, 4) is 0 Å². The summed E-state index contributed by atoms with van der Waals surface area (Å²) in [5, 5.41) is 0. The largest absolute Gasteiger partial charge is 0.339 e. The van der Waals surface area contributed by atoms with Crippen molar-refractivity contribution in [3.63, 3.8) is 0 Å². The van der Waals surface area contributed by atoms with Gasteiger partial charge in [0.15, 0.2) is 0 Å². The number of likely N-dealkylation sites (tertiary alicyclic amines) is 1. The minimum absolute atomic E-state index is 0.317. The average Bonchev–Trinajstić information content (AvgIpc) is 2.51. The molecule has 1 aliphatic heterocycles. The van der Waals surface area contributed by atoms with Crippen LogP contribution < -0.4 is 5.73 Å². The summed E-state index contributed by atoms with van der Waals surface area (Å²) in [6, 6.07) is 0.874. The molecule has 0 aromatic heterocycles. The van der Waals surface area contributed by atoms with Crippen molar-refractivity contribution >= 4 is 5.91 Å². The van der Waals surface area contributed by atoms with Crippen molar-refractivity contribution < 1.29 is 4.79 Å². The van der Waals surface area contributed by atoms with E-state index < -0.39 is 0 Å². The molecule has 0 aromatic rings. The Morgan fingerprint density at radius 3 is 2.57 bits per heavy atom. The van der Waals surface area contributed by atoms with Gasteiger partial charge in [-0.1, -0.05) is 26.2 Å². The third-order valence-corrected chi connectivity index (χ3v) is 5.39. The molecule has 4 heteroatoms. The van der Waals surface area contributed by atoms with Gasteiger partial charge < -0.3 is 10.6 Å². The fraction of sp³-hybridized carbons (Fsp3) is 0.941. The molecule has 2 aliphatic rings. The monoisotopic (exact) mass is 295 g/mol. The smallest absolute Gasteiger partial charge is 0.236 e. The van der Waals surface area contributed by atoms with E-state index >= 15 is 0 Å². The van der Waals surface area contributed by atoms with Gasteiger partial charge in [0.2, 0.25) is 5.91 Å². The van der Waals surface area contributed by atoms with Crippen molar-refractivity contribution in [1.82, 2.24) is 9.80 Å². The van der Waals surface area contributed by atoms with Crippen LogP contribution in [0.4, 0.5) is 0 Å². The zero-order chi connectivity index (χ0) is 15.2. The van der Waals surface area contributed by atoms with E-state index in [1.54, 1.807) is 0 Å². The molecule has 0 radical (unpaired) electrons. The van der Waals surface area contributed by atoms with Gasteiger partial charge in [0.05, 0.1) is 6.54 Å². The Kier molecular flexibility index (Phi) is 6.49. The van der Waals surface area contributed by atoms with Crippen LogP contribution in [0.5, 0.6) is 0 Å². The van der Waals surface area contributed by atoms with Gasteiger partial charge >= 0.3 is 0 Å². The molecule has 0 spiro atoms. The van der Waals surface area contributed by atoms with Gasteiger partial charge in [-0.2, -0.15) is 0 Å². The van der Waals surface area contributed by atoms with Gasteiger partial charge in [-0.15, -0.1) is 0 Å². The van der Waals surface area contributed by atoms with Crippen LogP contribution in [0.15, 0.2) is 0 Å². The SMILES string of the molecule is CCN(C(=O)CN1CCC(C)CC1CN)C1CCCCC1. The minimum atomic E-state index is 0.317. The lowest BCUT2D eigenvalue weighted by Gasteiger charge is -2.40. The van der Waals surface area contributed by atoms with Crippen LogP contribution in [-0.4, -0.2) is 54.0 Å². The zero-order valence-electron chi connectivity index (χ0n) is 13.9. The topological polar surface area (TPSA) is 49.6 Å². The van der Waals surface area contributed by atoms with Crippen LogP contribution in [0.1, 0.15) is 58.8 Å². The Balaban J connectivity index is 1.91. The highest BCUT2D eigenvalue weighted by Crippen LogP contribution is 2.24. The van der Waals surface area contributed by atoms with Crippen LogP contribution in [-0.2, 0) is 4.79 Å². The molecule has 2 unspecified atom stereocenters. The van der Waals surface area contributed by atoms with Crippen molar-refractivity contribution in [2.24, 2.45) is 11.7 Å². The van der Waals surface area contributed by atoms with Crippen LogP contribution in [0.2, 0.25) is 0 Å². The zero-order valence-corrected chi connectivity index (χ0v) is 13.9. The minimum Gasteiger partial charge on any atom is -0.339 e. The summed E-state index contributed by atoms with van der Waals surface area (Å²) in [6.07, 6.45) is 8.61. The second-order valence-corrected chi connectivity index (χ2v) is 6.96. The molecule has 1 aliphatic carbocycles. The van der Waals surface area contributed by atoms with Gasteiger partial charge in [-0.3, -0.25) is 9.69 Å². The van der Waals surface area contributed by atoms with E-state index in [0.29, 0.717) is 31.1 Å². The fourth-order valence-corrected chi connectivity index (χ4v) is 4.05. The predicted octanol–water partition coefficient (Wildman–Crippen LogP) is 2.23. The van der Waals surface area contributed by atoms with E-state index in [9.17, 15) is 4.79 Å². The standard InChI is InChI=1S/C17H33N3O/c1-3-20(15-7-5-4-6-8-15)17(21)13-19-10-9-14(2)11-16(19)12-18/h14-16H,3-13,18H2,1-2H3. The number of nitrogens with zero attached hydrogens (tertiary/aromatic N) is 2. The quantitative estimate of drug-likeness (QED) is 0.846. The summed E-state index contributed by atoms with van der Waals surface area (Å²) in [5.74, 6) is 1.06. The number of rotatable bonds is 5. The van der Waals surface area contributed by atoms with Crippen LogP contribution in [0.3, 0.4) is 0 Å². The summed E-state index contributed by atoms with van der Waals surface area (Å²) >= 11 is 0. The second-order valence-electron chi connectivity index (χ2n) is 6.96. The maximum atomic E-state index is 12.7. The third-order valence-electron chi connectivity index (χ3n) is 5.39. The molecular weight excluding hydrogens is 262 g/mol. The number of hydrogen-bond acceptors (Lipinski definition) is 3. The molecule has 0 aromatic carbocycles. The molecule has 21 heavy (non-hydrogen) atoms. The Morgan fingerprint density at radius 1 is 1.24 bits per heavy atom. The number of piperidine rings is 1. The average molecular weight is 295 g/mol. The molecule has 1 saturated carbocycles. The van der Waals surface area contributed by atoms with E-state index in [0.717, 1.165) is 25.4 Å². The van der Waals surface area contributed by atoms with Crippen molar-refractivity contribution in [1.29, 1.82) is 0 Å². The molecule has 0 bridgehead atoms. The van der Waals surface area contributed by atoms with Crippen LogP contribution >= 0.6 is 0 Å². The number of carbonyl (C=O) groups is 1. The molecule has 1 heterocycles. The Bertz CT molecular complexity index is 328. The summed E-state index contributed by atoms with van der Waals surface area (Å²) in [4.78, 5) is 17.2. The lowest BCUT2D eigenvalue weighted by atomic mass is 9.92. The fourth-order valence-electron chi connectivity index (χ4n) is 4.05. The van der Waals surface area contributed by atoms with Crippen molar-refractivity contribution in [2.75, 3.05) is 26.2 Å². The second kappa shape index (κ2) is 8.14. The van der Waals surface area contributed by atoms with Gasteiger partial charge in [0.25, 0.3) is 0 Å². The van der Waals surface area contributed by atoms with E-state index in [1.807, 2.05) is 0 Å². The molecule has 122 valence electrons. The Hall–Kier alpha value is -0.610. The van der Waals surface area contributed by atoms with Gasteiger partial charge in [-0.25, -0.2) is 0 Å². The van der Waals surface area contributed by atoms with Crippen LogP contribution in [0.25, 0.3) is 0 Å². The summed E-state index contributed by atoms with van der Waals surface area (Å²) in [7, 11) is 0. The van der Waals surface area contributed by atoms with E-state index in [2.05, 4.69) is 23.6 Å². The van der Waals surface area contributed by atoms with Crippen molar-refractivity contribution in [2.45, 2.75) is 70.9 Å². The Labute approximate surface area is 130 Å². The van der Waals surface area contributed by atoms with E-state index in [1.165, 1.54) is 38.5 Å². The summed E-state index contributed by atoms with van der Waals surface area (Å²) in [5.41, 5.74) is 5.92. The molecular formula is C17H33N3O. The number of amides is 1. The third kappa shape index (κ3) is 4.43. The first-order valence-corrected chi connectivity index (χ1v) is 8.89. The number of hydrogen-bond donors (Lipinski definition) is 1. The molecule has 2 fully saturated rings. The molecule has 2 atom stereocenters. The first kappa shape index (κ1) is 16.8. The summed E-state index contributed by atoms with van der Waals surface area (Å²) < 4.78 is 0. The maximum Gasteiger partial charge on any atom is 0.236 e. The van der Waals surface area contributed by atoms with Gasteiger partial charge in [0, 0.05) is 25.2 Å². The van der Waals surface area contributed by atoms with Gasteiger partial charge in [0.1, 0.15) is 0 Å². The molecule has 2 rings (SSSR count). The van der Waals surface area contributed by atoms with E-state index in [-0.39, 0.29) is 0 Å². The predicted molar refractivity (Wildman–Crippen MR) is 87.1 cm³/mol. The Morgan fingerprint density at radius 2 is 1.95 bits per heavy atom. The first-order valence-electron chi connectivity index (χ1n) is 8.89. The van der Waals surface area contributed by atoms with E-state index in [4.69, 9.17) is 5.73 Å². The van der Waals surface area contributed by atoms with Gasteiger partial charge in [-0.05, 0) is 45.1 Å². The lowest BCUT2D eigenvalue weighted by Crippen LogP contribution is -2.52. The van der Waals surface area contributed by atoms with Crippen molar-refractivity contribution in [3.05, 3.63) is 0 Å². The number of carbonyl (C=O) groups excluding carboxylic acids is 1. The molecule has 2 N–H and O–H groups in total. The normalized spacial score (nSPS) is 28.5. The first-order chi connectivity index (χ1) is 10.2. The number of likely N-dealkylation sites (N-methyl/N-ethyl adjacent to an activating group) is 1. The highest BCUT2D eigenvalue weighted by Gasteiger charge is 2.30. The molecule has 4 nitrogen and oxygen atoms in total. The van der Waals surface area contributed by atoms with Crippen LogP contribution in [0, 0.1) is 5.92 Å². The molecule has 1 amide bonds. The lowest BCUT2D eigenvalue weighted by molar-refractivity contribution is -0.136. The number of nitrogens with two attached hydrogens (primary N) is 1. The molecule has 1 saturated heterocycles. The maximum absolute atomic E-state index is 12.7.